The van der Waals surface area contributed by atoms with Crippen LogP contribution in [0, 0.1) is 19.8 Å². The Morgan fingerprint density at radius 1 is 1.42 bits per heavy atom. The number of carbonyl (C=O) groups excluding carboxylic acids is 1. The zero-order chi connectivity index (χ0) is 13.8. The van der Waals surface area contributed by atoms with Gasteiger partial charge in [-0.1, -0.05) is 6.92 Å². The molecule has 1 saturated heterocycles. The van der Waals surface area contributed by atoms with Crippen molar-refractivity contribution in [3.05, 3.63) is 23.2 Å². The molecule has 0 unspecified atom stereocenters. The Balaban J connectivity index is 1.91. The molecule has 0 aromatic carbocycles. The van der Waals surface area contributed by atoms with Crippen LogP contribution < -0.4 is 5.32 Å². The Bertz CT molecular complexity index is 431. The van der Waals surface area contributed by atoms with Gasteiger partial charge in [-0.05, 0) is 51.8 Å². The van der Waals surface area contributed by atoms with E-state index in [-0.39, 0.29) is 5.91 Å². The maximum atomic E-state index is 12.4. The van der Waals surface area contributed by atoms with Gasteiger partial charge in [0, 0.05) is 13.1 Å². The van der Waals surface area contributed by atoms with Gasteiger partial charge in [0.2, 0.25) is 0 Å². The lowest BCUT2D eigenvalue weighted by molar-refractivity contribution is 0.0688. The van der Waals surface area contributed by atoms with Crippen LogP contribution in [-0.4, -0.2) is 37.0 Å². The highest BCUT2D eigenvalue weighted by Crippen LogP contribution is 2.21. The molecule has 0 atom stereocenters. The van der Waals surface area contributed by atoms with Gasteiger partial charge >= 0.3 is 0 Å². The molecule has 4 heteroatoms. The molecular weight excluding hydrogens is 240 g/mol. The van der Waals surface area contributed by atoms with Gasteiger partial charge in [0.15, 0.2) is 0 Å². The number of rotatable bonds is 4. The van der Waals surface area contributed by atoms with Crippen molar-refractivity contribution < 1.29 is 9.21 Å². The standard InChI is InChI=1S/C15H24N2O2/c1-4-16-10-13-5-7-17(8-6-13)15(18)14-9-11(2)19-12(14)3/h9,13,16H,4-8,10H2,1-3H3. The summed E-state index contributed by atoms with van der Waals surface area (Å²) in [6, 6.07) is 1.85. The quantitative estimate of drug-likeness (QED) is 0.908. The van der Waals surface area contributed by atoms with Crippen molar-refractivity contribution in [2.45, 2.75) is 33.6 Å². The van der Waals surface area contributed by atoms with Crippen molar-refractivity contribution in [3.8, 4) is 0 Å². The molecule has 2 rings (SSSR count). The number of amides is 1. The Kier molecular flexibility index (Phi) is 4.64. The average Bonchev–Trinajstić information content (AvgIpc) is 2.75. The first-order chi connectivity index (χ1) is 9.11. The third kappa shape index (κ3) is 3.38. The molecule has 1 aromatic heterocycles. The lowest BCUT2D eigenvalue weighted by Crippen LogP contribution is -2.40. The summed E-state index contributed by atoms with van der Waals surface area (Å²) in [5.41, 5.74) is 0.725. The number of likely N-dealkylation sites (tertiary alicyclic amines) is 1. The van der Waals surface area contributed by atoms with Crippen LogP contribution in [0.25, 0.3) is 0 Å². The number of hydrogen-bond acceptors (Lipinski definition) is 3. The van der Waals surface area contributed by atoms with E-state index in [4.69, 9.17) is 4.42 Å². The molecule has 0 radical (unpaired) electrons. The second-order valence-corrected chi connectivity index (χ2v) is 5.37. The average molecular weight is 264 g/mol. The van der Waals surface area contributed by atoms with Gasteiger partial charge in [-0.15, -0.1) is 0 Å². The predicted molar refractivity (Wildman–Crippen MR) is 75.4 cm³/mol. The number of carbonyl (C=O) groups is 1. The molecule has 1 aliphatic rings. The summed E-state index contributed by atoms with van der Waals surface area (Å²) in [4.78, 5) is 14.4. The first-order valence-corrected chi connectivity index (χ1v) is 7.18. The van der Waals surface area contributed by atoms with Crippen LogP contribution >= 0.6 is 0 Å². The van der Waals surface area contributed by atoms with E-state index in [0.29, 0.717) is 5.92 Å². The van der Waals surface area contributed by atoms with Crippen LogP contribution in [0.1, 0.15) is 41.6 Å². The van der Waals surface area contributed by atoms with Gasteiger partial charge in [0.25, 0.3) is 5.91 Å². The van der Waals surface area contributed by atoms with Crippen molar-refractivity contribution in [3.63, 3.8) is 0 Å². The zero-order valence-electron chi connectivity index (χ0n) is 12.2. The maximum absolute atomic E-state index is 12.4. The predicted octanol–water partition coefficient (Wildman–Crippen LogP) is 2.36. The topological polar surface area (TPSA) is 45.5 Å². The molecule has 0 aliphatic carbocycles. The second kappa shape index (κ2) is 6.24. The highest BCUT2D eigenvalue weighted by atomic mass is 16.3. The minimum Gasteiger partial charge on any atom is -0.466 e. The lowest BCUT2D eigenvalue weighted by Gasteiger charge is -2.32. The second-order valence-electron chi connectivity index (χ2n) is 5.37. The van der Waals surface area contributed by atoms with Crippen LogP contribution in [0.15, 0.2) is 10.5 Å². The van der Waals surface area contributed by atoms with Crippen LogP contribution in [0.3, 0.4) is 0 Å². The van der Waals surface area contributed by atoms with Crippen LogP contribution in [-0.2, 0) is 0 Å². The summed E-state index contributed by atoms with van der Waals surface area (Å²) in [7, 11) is 0. The fourth-order valence-corrected chi connectivity index (χ4v) is 2.70. The molecule has 0 spiro atoms. The first-order valence-electron chi connectivity index (χ1n) is 7.18. The van der Waals surface area contributed by atoms with E-state index >= 15 is 0 Å². The van der Waals surface area contributed by atoms with Crippen molar-refractivity contribution in [1.82, 2.24) is 10.2 Å². The molecule has 2 heterocycles. The Morgan fingerprint density at radius 3 is 2.63 bits per heavy atom. The van der Waals surface area contributed by atoms with Crippen LogP contribution in [0.5, 0.6) is 0 Å². The summed E-state index contributed by atoms with van der Waals surface area (Å²) >= 11 is 0. The van der Waals surface area contributed by atoms with Gasteiger partial charge in [-0.25, -0.2) is 0 Å². The minimum atomic E-state index is 0.122. The first kappa shape index (κ1) is 14.1. The number of nitrogens with zero attached hydrogens (tertiary/aromatic N) is 1. The summed E-state index contributed by atoms with van der Waals surface area (Å²) in [5.74, 6) is 2.37. The van der Waals surface area contributed by atoms with Gasteiger partial charge in [0.05, 0.1) is 5.56 Å². The van der Waals surface area contributed by atoms with Crippen molar-refractivity contribution in [2.24, 2.45) is 5.92 Å². The lowest BCUT2D eigenvalue weighted by atomic mass is 9.96. The Morgan fingerprint density at radius 2 is 2.11 bits per heavy atom. The number of nitrogens with one attached hydrogen (secondary N) is 1. The van der Waals surface area contributed by atoms with Crippen molar-refractivity contribution >= 4 is 5.91 Å². The number of aryl methyl sites for hydroxylation is 2. The normalized spacial score (nSPS) is 16.9. The molecule has 4 nitrogen and oxygen atoms in total. The molecular formula is C15H24N2O2. The third-order valence-electron chi connectivity index (χ3n) is 3.86. The van der Waals surface area contributed by atoms with Gasteiger partial charge in [0.1, 0.15) is 11.5 Å². The summed E-state index contributed by atoms with van der Waals surface area (Å²) in [6.07, 6.45) is 2.18. The molecule has 0 bridgehead atoms. The highest BCUT2D eigenvalue weighted by molar-refractivity contribution is 5.95. The van der Waals surface area contributed by atoms with Gasteiger partial charge in [-0.3, -0.25) is 4.79 Å². The van der Waals surface area contributed by atoms with E-state index in [9.17, 15) is 4.79 Å². The third-order valence-corrected chi connectivity index (χ3v) is 3.86. The van der Waals surface area contributed by atoms with Crippen molar-refractivity contribution in [2.75, 3.05) is 26.2 Å². The molecule has 0 saturated carbocycles. The fourth-order valence-electron chi connectivity index (χ4n) is 2.70. The van der Waals surface area contributed by atoms with Gasteiger partial charge < -0.3 is 14.6 Å². The molecule has 1 N–H and O–H groups in total. The van der Waals surface area contributed by atoms with Gasteiger partial charge in [-0.2, -0.15) is 0 Å². The van der Waals surface area contributed by atoms with E-state index in [1.807, 2.05) is 24.8 Å². The number of piperidine rings is 1. The van der Waals surface area contributed by atoms with E-state index < -0.39 is 0 Å². The zero-order valence-corrected chi connectivity index (χ0v) is 12.2. The monoisotopic (exact) mass is 264 g/mol. The fraction of sp³-hybridized carbons (Fsp3) is 0.667. The summed E-state index contributed by atoms with van der Waals surface area (Å²) < 4.78 is 5.44. The molecule has 1 amide bonds. The molecule has 1 aromatic rings. The van der Waals surface area contributed by atoms with E-state index in [2.05, 4.69) is 12.2 Å². The molecule has 106 valence electrons. The van der Waals surface area contributed by atoms with E-state index in [1.165, 1.54) is 0 Å². The van der Waals surface area contributed by atoms with E-state index in [0.717, 1.165) is 56.1 Å². The smallest absolute Gasteiger partial charge is 0.257 e. The summed E-state index contributed by atoms with van der Waals surface area (Å²) in [6.45, 7) is 9.68. The number of furan rings is 1. The number of hydrogen-bond donors (Lipinski definition) is 1. The van der Waals surface area contributed by atoms with E-state index in [1.54, 1.807) is 0 Å². The summed E-state index contributed by atoms with van der Waals surface area (Å²) in [5, 5.41) is 3.39. The molecule has 1 aliphatic heterocycles. The SMILES string of the molecule is CCNCC1CCN(C(=O)c2cc(C)oc2C)CC1. The molecule has 19 heavy (non-hydrogen) atoms. The Labute approximate surface area is 115 Å². The largest absolute Gasteiger partial charge is 0.466 e. The minimum absolute atomic E-state index is 0.122. The van der Waals surface area contributed by atoms with Crippen LogP contribution in [0.2, 0.25) is 0 Å². The van der Waals surface area contributed by atoms with Crippen LogP contribution in [0.4, 0.5) is 0 Å². The highest BCUT2D eigenvalue weighted by Gasteiger charge is 2.25. The maximum Gasteiger partial charge on any atom is 0.257 e. The Hall–Kier alpha value is -1.29. The molecule has 1 fully saturated rings. The van der Waals surface area contributed by atoms with Crippen molar-refractivity contribution in [1.29, 1.82) is 0 Å².